The summed E-state index contributed by atoms with van der Waals surface area (Å²) < 4.78 is 33.2. The van der Waals surface area contributed by atoms with Gasteiger partial charge in [0.1, 0.15) is 25.1 Å². The van der Waals surface area contributed by atoms with Gasteiger partial charge in [0, 0.05) is 7.11 Å². The molecule has 0 spiro atoms. The van der Waals surface area contributed by atoms with Crippen LogP contribution in [-0.4, -0.2) is 57.5 Å². The van der Waals surface area contributed by atoms with E-state index in [1.165, 1.54) is 0 Å². The molecule has 19 heavy (non-hydrogen) atoms. The lowest BCUT2D eigenvalue weighted by atomic mass is 10.1. The molecule has 2 aliphatic rings. The summed E-state index contributed by atoms with van der Waals surface area (Å²) in [7, 11) is 1.58. The maximum Gasteiger partial charge on any atom is 0.187 e. The van der Waals surface area contributed by atoms with Crippen molar-refractivity contribution in [3.05, 3.63) is 12.7 Å². The molecular weight excluding hydrogens is 252 g/mol. The normalized spacial score (nSPS) is 36.4. The fraction of sp³-hybridized carbons (Fsp3) is 0.846. The van der Waals surface area contributed by atoms with Gasteiger partial charge in [0.05, 0.1) is 13.2 Å². The van der Waals surface area contributed by atoms with Crippen LogP contribution in [0.4, 0.5) is 0 Å². The second-order valence-electron chi connectivity index (χ2n) is 5.01. The highest BCUT2D eigenvalue weighted by Gasteiger charge is 2.55. The molecule has 6 nitrogen and oxygen atoms in total. The Morgan fingerprint density at radius 3 is 2.68 bits per heavy atom. The Morgan fingerprint density at radius 2 is 2.00 bits per heavy atom. The van der Waals surface area contributed by atoms with E-state index in [4.69, 9.17) is 28.4 Å². The van der Waals surface area contributed by atoms with Gasteiger partial charge in [0.2, 0.25) is 0 Å². The van der Waals surface area contributed by atoms with E-state index >= 15 is 0 Å². The molecule has 2 heterocycles. The Bertz CT molecular complexity index is 306. The van der Waals surface area contributed by atoms with Crippen LogP contribution in [0.3, 0.4) is 0 Å². The Balaban J connectivity index is 1.95. The zero-order chi connectivity index (χ0) is 13.9. The van der Waals surface area contributed by atoms with E-state index in [0.717, 1.165) is 0 Å². The third-order valence-corrected chi connectivity index (χ3v) is 2.97. The van der Waals surface area contributed by atoms with Crippen molar-refractivity contribution in [1.29, 1.82) is 0 Å². The monoisotopic (exact) mass is 274 g/mol. The molecule has 6 heteroatoms. The minimum Gasteiger partial charge on any atom is -0.359 e. The summed E-state index contributed by atoms with van der Waals surface area (Å²) >= 11 is 0. The first kappa shape index (κ1) is 14.9. The fourth-order valence-electron chi connectivity index (χ4n) is 2.32. The van der Waals surface area contributed by atoms with E-state index in [2.05, 4.69) is 6.58 Å². The Labute approximate surface area is 113 Å². The SMILES string of the molecule is C=CCO[C@H]1O[C@@H](COCOC)[C@H]2OC(C)(C)O[C@@H]12. The predicted octanol–water partition coefficient (Wildman–Crippen LogP) is 1.05. The van der Waals surface area contributed by atoms with Crippen LogP contribution in [0.15, 0.2) is 12.7 Å². The topological polar surface area (TPSA) is 55.4 Å². The Hall–Kier alpha value is -0.500. The number of hydrogen-bond acceptors (Lipinski definition) is 6. The third kappa shape index (κ3) is 3.53. The van der Waals surface area contributed by atoms with Crippen molar-refractivity contribution in [3.63, 3.8) is 0 Å². The van der Waals surface area contributed by atoms with Gasteiger partial charge in [-0.2, -0.15) is 0 Å². The molecule has 0 aliphatic carbocycles. The molecule has 4 atom stereocenters. The van der Waals surface area contributed by atoms with E-state index in [1.807, 2.05) is 13.8 Å². The zero-order valence-electron chi connectivity index (χ0n) is 11.7. The number of fused-ring (bicyclic) bond motifs is 1. The molecule has 0 N–H and O–H groups in total. The Kier molecular flexibility index (Phi) is 4.94. The lowest BCUT2D eigenvalue weighted by molar-refractivity contribution is -0.237. The van der Waals surface area contributed by atoms with Crippen molar-refractivity contribution in [3.8, 4) is 0 Å². The smallest absolute Gasteiger partial charge is 0.187 e. The molecule has 2 fully saturated rings. The lowest BCUT2D eigenvalue weighted by Gasteiger charge is -2.23. The van der Waals surface area contributed by atoms with Crippen molar-refractivity contribution in [2.45, 2.75) is 44.2 Å². The third-order valence-electron chi connectivity index (χ3n) is 2.97. The van der Waals surface area contributed by atoms with Crippen molar-refractivity contribution in [1.82, 2.24) is 0 Å². The van der Waals surface area contributed by atoms with Gasteiger partial charge in [-0.3, -0.25) is 0 Å². The summed E-state index contributed by atoms with van der Waals surface area (Å²) in [5, 5.41) is 0. The van der Waals surface area contributed by atoms with E-state index < -0.39 is 12.1 Å². The standard InChI is InChI=1S/C13H22O6/c1-5-6-16-12-11-10(18-13(2,3)19-11)9(17-12)7-15-8-14-4/h5,9-12H,1,6-8H2,2-4H3/t9-,10+,11+,12-/m0/s1. The highest BCUT2D eigenvalue weighted by molar-refractivity contribution is 4.95. The van der Waals surface area contributed by atoms with Gasteiger partial charge in [-0.15, -0.1) is 6.58 Å². The molecular formula is C13H22O6. The first-order valence-electron chi connectivity index (χ1n) is 6.37. The summed E-state index contributed by atoms with van der Waals surface area (Å²) in [5.41, 5.74) is 0. The molecule has 0 saturated carbocycles. The molecule has 0 aromatic rings. The minimum atomic E-state index is -0.631. The molecule has 0 radical (unpaired) electrons. The highest BCUT2D eigenvalue weighted by Crippen LogP contribution is 2.39. The maximum atomic E-state index is 5.85. The zero-order valence-corrected chi connectivity index (χ0v) is 11.7. The first-order chi connectivity index (χ1) is 9.07. The van der Waals surface area contributed by atoms with Crippen LogP contribution in [0.25, 0.3) is 0 Å². The molecule has 0 aromatic heterocycles. The summed E-state index contributed by atoms with van der Waals surface area (Å²) in [6.45, 7) is 8.38. The molecule has 0 bridgehead atoms. The average molecular weight is 274 g/mol. The first-order valence-corrected chi connectivity index (χ1v) is 6.37. The number of rotatable bonds is 7. The maximum absolute atomic E-state index is 5.85. The van der Waals surface area contributed by atoms with Crippen molar-refractivity contribution < 1.29 is 28.4 Å². The lowest BCUT2D eigenvalue weighted by Crippen LogP contribution is -2.33. The van der Waals surface area contributed by atoms with Crippen LogP contribution in [0.1, 0.15) is 13.8 Å². The molecule has 2 rings (SSSR count). The van der Waals surface area contributed by atoms with Gasteiger partial charge >= 0.3 is 0 Å². The predicted molar refractivity (Wildman–Crippen MR) is 66.5 cm³/mol. The molecule has 2 saturated heterocycles. The van der Waals surface area contributed by atoms with Crippen LogP contribution in [-0.2, 0) is 28.4 Å². The van der Waals surface area contributed by atoms with E-state index in [0.29, 0.717) is 13.2 Å². The molecule has 2 aliphatic heterocycles. The second kappa shape index (κ2) is 6.30. The van der Waals surface area contributed by atoms with Gasteiger partial charge in [0.15, 0.2) is 12.1 Å². The summed E-state index contributed by atoms with van der Waals surface area (Å²) in [4.78, 5) is 0. The second-order valence-corrected chi connectivity index (χ2v) is 5.01. The summed E-state index contributed by atoms with van der Waals surface area (Å²) in [6, 6.07) is 0. The van der Waals surface area contributed by atoms with Gasteiger partial charge < -0.3 is 28.4 Å². The van der Waals surface area contributed by atoms with Gasteiger partial charge in [-0.05, 0) is 13.8 Å². The number of methoxy groups -OCH3 is 1. The van der Waals surface area contributed by atoms with Crippen LogP contribution < -0.4 is 0 Å². The highest BCUT2D eigenvalue weighted by atomic mass is 16.8. The minimum absolute atomic E-state index is 0.193. The van der Waals surface area contributed by atoms with Gasteiger partial charge in [-0.25, -0.2) is 0 Å². The number of ether oxygens (including phenoxy) is 6. The molecule has 0 aromatic carbocycles. The number of hydrogen-bond donors (Lipinski definition) is 0. The molecule has 0 unspecified atom stereocenters. The van der Waals surface area contributed by atoms with Gasteiger partial charge in [-0.1, -0.05) is 6.08 Å². The van der Waals surface area contributed by atoms with Crippen LogP contribution in [0.5, 0.6) is 0 Å². The fourth-order valence-corrected chi connectivity index (χ4v) is 2.32. The van der Waals surface area contributed by atoms with Crippen molar-refractivity contribution >= 4 is 0 Å². The van der Waals surface area contributed by atoms with Crippen molar-refractivity contribution in [2.75, 3.05) is 27.1 Å². The van der Waals surface area contributed by atoms with E-state index in [9.17, 15) is 0 Å². The summed E-state index contributed by atoms with van der Waals surface area (Å²) in [5.74, 6) is -0.631. The molecule has 0 amide bonds. The Morgan fingerprint density at radius 1 is 1.26 bits per heavy atom. The van der Waals surface area contributed by atoms with Crippen LogP contribution in [0, 0.1) is 0 Å². The van der Waals surface area contributed by atoms with Crippen molar-refractivity contribution in [2.24, 2.45) is 0 Å². The van der Waals surface area contributed by atoms with E-state index in [-0.39, 0.29) is 25.1 Å². The average Bonchev–Trinajstić information content (AvgIpc) is 2.82. The van der Waals surface area contributed by atoms with Crippen LogP contribution in [0.2, 0.25) is 0 Å². The largest absolute Gasteiger partial charge is 0.359 e. The quantitative estimate of drug-likeness (QED) is 0.393. The van der Waals surface area contributed by atoms with Gasteiger partial charge in [0.25, 0.3) is 0 Å². The molecule has 110 valence electrons. The van der Waals surface area contributed by atoms with Crippen LogP contribution >= 0.6 is 0 Å². The summed E-state index contributed by atoms with van der Waals surface area (Å²) in [6.07, 6.45) is 0.555. The van der Waals surface area contributed by atoms with E-state index in [1.54, 1.807) is 13.2 Å².